The van der Waals surface area contributed by atoms with Crippen molar-refractivity contribution in [2.45, 2.75) is 27.2 Å². The first kappa shape index (κ1) is 13.9. The number of benzene rings is 1. The molecule has 0 fully saturated rings. The smallest absolute Gasteiger partial charge is 0.0348 e. The van der Waals surface area contributed by atoms with Crippen molar-refractivity contribution in [1.29, 1.82) is 0 Å². The molecule has 1 aromatic heterocycles. The molecule has 17 heavy (non-hydrogen) atoms. The number of nitrogens with two attached hydrogens (primary N) is 1. The van der Waals surface area contributed by atoms with Gasteiger partial charge < -0.3 is 5.73 Å². The highest BCUT2D eigenvalue weighted by Crippen LogP contribution is 2.30. The van der Waals surface area contributed by atoms with E-state index in [0.29, 0.717) is 6.54 Å². The molecule has 0 aliphatic carbocycles. The summed E-state index contributed by atoms with van der Waals surface area (Å²) < 4.78 is 0. The van der Waals surface area contributed by atoms with Crippen LogP contribution < -0.4 is 5.73 Å². The summed E-state index contributed by atoms with van der Waals surface area (Å²) in [5.41, 5.74) is 8.30. The molecular formula is C15H21NS. The minimum atomic E-state index is 0.710. The van der Waals surface area contributed by atoms with E-state index in [1.54, 1.807) is 0 Å². The quantitative estimate of drug-likeness (QED) is 0.862. The summed E-state index contributed by atoms with van der Waals surface area (Å²) in [5, 5.41) is 0. The second kappa shape index (κ2) is 7.25. The molecule has 1 aromatic carbocycles. The third kappa shape index (κ3) is 3.69. The normalized spacial score (nSPS) is 9.65. The van der Waals surface area contributed by atoms with E-state index >= 15 is 0 Å². The van der Waals surface area contributed by atoms with Crippen LogP contribution in [-0.2, 0) is 6.42 Å². The Labute approximate surface area is 108 Å². The van der Waals surface area contributed by atoms with E-state index in [2.05, 4.69) is 43.3 Å². The Morgan fingerprint density at radius 1 is 1.06 bits per heavy atom. The topological polar surface area (TPSA) is 26.0 Å². The first-order valence-corrected chi connectivity index (χ1v) is 6.97. The maximum Gasteiger partial charge on any atom is 0.0348 e. The summed E-state index contributed by atoms with van der Waals surface area (Å²) in [7, 11) is 0. The largest absolute Gasteiger partial charge is 0.330 e. The molecule has 0 amide bonds. The first-order chi connectivity index (χ1) is 8.31. The molecule has 92 valence electrons. The third-order valence-electron chi connectivity index (χ3n) is 2.44. The average molecular weight is 247 g/mol. The van der Waals surface area contributed by atoms with E-state index in [9.17, 15) is 0 Å². The summed E-state index contributed by atoms with van der Waals surface area (Å²) in [5.74, 6) is 0. The lowest BCUT2D eigenvalue weighted by Gasteiger charge is -2.05. The molecule has 1 nitrogen and oxygen atoms in total. The molecule has 0 aliphatic rings. The Kier molecular flexibility index (Phi) is 5.95. The minimum absolute atomic E-state index is 0.710. The molecular weight excluding hydrogens is 226 g/mol. The molecule has 0 unspecified atom stereocenters. The summed E-state index contributed by atoms with van der Waals surface area (Å²) in [6.07, 6.45) is 0.952. The highest BCUT2D eigenvalue weighted by molar-refractivity contribution is 7.15. The van der Waals surface area contributed by atoms with Gasteiger partial charge in [0.15, 0.2) is 0 Å². The first-order valence-electron chi connectivity index (χ1n) is 6.16. The lowest BCUT2D eigenvalue weighted by Crippen LogP contribution is -2.03. The molecule has 0 saturated heterocycles. The van der Waals surface area contributed by atoms with Crippen LogP contribution in [0.3, 0.4) is 0 Å². The van der Waals surface area contributed by atoms with Crippen LogP contribution in [0.4, 0.5) is 0 Å². The van der Waals surface area contributed by atoms with E-state index in [-0.39, 0.29) is 0 Å². The Balaban J connectivity index is 0.000000686. The summed E-state index contributed by atoms with van der Waals surface area (Å²) >= 11 is 1.84. The zero-order valence-electron chi connectivity index (χ0n) is 10.9. The van der Waals surface area contributed by atoms with Gasteiger partial charge in [-0.25, -0.2) is 0 Å². The summed E-state index contributed by atoms with van der Waals surface area (Å²) in [4.78, 5) is 2.70. The highest BCUT2D eigenvalue weighted by atomic mass is 32.1. The van der Waals surface area contributed by atoms with Gasteiger partial charge in [-0.05, 0) is 43.1 Å². The Morgan fingerprint density at radius 2 is 1.76 bits per heavy atom. The highest BCUT2D eigenvalue weighted by Gasteiger charge is 2.05. The van der Waals surface area contributed by atoms with Gasteiger partial charge in [0, 0.05) is 9.75 Å². The molecule has 0 atom stereocenters. The fourth-order valence-electron chi connectivity index (χ4n) is 1.71. The Hall–Kier alpha value is -1.12. The predicted octanol–water partition coefficient (Wildman–Crippen LogP) is 4.25. The van der Waals surface area contributed by atoms with Crippen LogP contribution >= 0.6 is 11.3 Å². The SMILES string of the molecule is CC.Cc1ccc(-c2ccccc2CCN)s1. The van der Waals surface area contributed by atoms with Gasteiger partial charge >= 0.3 is 0 Å². The number of thiophene rings is 1. The molecule has 0 bridgehead atoms. The van der Waals surface area contributed by atoms with Crippen LogP contribution in [-0.4, -0.2) is 6.54 Å². The van der Waals surface area contributed by atoms with E-state index in [1.807, 2.05) is 25.2 Å². The zero-order valence-corrected chi connectivity index (χ0v) is 11.7. The number of aryl methyl sites for hydroxylation is 1. The maximum absolute atomic E-state index is 5.62. The van der Waals surface area contributed by atoms with Crippen LogP contribution in [0, 0.1) is 6.92 Å². The lowest BCUT2D eigenvalue weighted by atomic mass is 10.0. The zero-order chi connectivity index (χ0) is 12.7. The van der Waals surface area contributed by atoms with Gasteiger partial charge in [0.1, 0.15) is 0 Å². The van der Waals surface area contributed by atoms with Crippen molar-refractivity contribution >= 4 is 11.3 Å². The Bertz CT molecular complexity index is 446. The van der Waals surface area contributed by atoms with Crippen molar-refractivity contribution in [3.8, 4) is 10.4 Å². The lowest BCUT2D eigenvalue weighted by molar-refractivity contribution is 0.971. The third-order valence-corrected chi connectivity index (χ3v) is 3.47. The number of hydrogen-bond donors (Lipinski definition) is 1. The molecule has 1 heterocycles. The molecule has 2 N–H and O–H groups in total. The van der Waals surface area contributed by atoms with Gasteiger partial charge in [-0.1, -0.05) is 38.1 Å². The molecule has 2 heteroatoms. The van der Waals surface area contributed by atoms with Crippen molar-refractivity contribution < 1.29 is 0 Å². The monoisotopic (exact) mass is 247 g/mol. The van der Waals surface area contributed by atoms with Gasteiger partial charge in [-0.2, -0.15) is 0 Å². The minimum Gasteiger partial charge on any atom is -0.330 e. The molecule has 0 spiro atoms. The van der Waals surface area contributed by atoms with Crippen LogP contribution in [0.2, 0.25) is 0 Å². The van der Waals surface area contributed by atoms with E-state index in [4.69, 9.17) is 5.73 Å². The van der Waals surface area contributed by atoms with Crippen LogP contribution in [0.1, 0.15) is 24.3 Å². The van der Waals surface area contributed by atoms with Gasteiger partial charge in [0.05, 0.1) is 0 Å². The van der Waals surface area contributed by atoms with Gasteiger partial charge in [-0.15, -0.1) is 11.3 Å². The molecule has 0 radical (unpaired) electrons. The fraction of sp³-hybridized carbons (Fsp3) is 0.333. The van der Waals surface area contributed by atoms with Gasteiger partial charge in [0.2, 0.25) is 0 Å². The van der Waals surface area contributed by atoms with E-state index < -0.39 is 0 Å². The second-order valence-corrected chi connectivity index (χ2v) is 4.89. The second-order valence-electron chi connectivity index (χ2n) is 3.61. The number of rotatable bonds is 3. The van der Waals surface area contributed by atoms with Crippen molar-refractivity contribution in [2.24, 2.45) is 5.73 Å². The average Bonchev–Trinajstić information content (AvgIpc) is 2.79. The number of hydrogen-bond acceptors (Lipinski definition) is 2. The van der Waals surface area contributed by atoms with E-state index in [0.717, 1.165) is 6.42 Å². The fourth-order valence-corrected chi connectivity index (χ4v) is 2.64. The summed E-state index contributed by atoms with van der Waals surface area (Å²) in [6, 6.07) is 12.9. The predicted molar refractivity (Wildman–Crippen MR) is 78.6 cm³/mol. The van der Waals surface area contributed by atoms with Crippen molar-refractivity contribution in [3.05, 3.63) is 46.8 Å². The van der Waals surface area contributed by atoms with E-state index in [1.165, 1.54) is 20.9 Å². The standard InChI is InChI=1S/C13H15NS.C2H6/c1-10-6-7-13(15-10)12-5-3-2-4-11(12)8-9-14;1-2/h2-7H,8-9,14H2,1H3;1-2H3. The van der Waals surface area contributed by atoms with Gasteiger partial charge in [-0.3, -0.25) is 0 Å². The molecule has 2 rings (SSSR count). The van der Waals surface area contributed by atoms with Crippen molar-refractivity contribution in [1.82, 2.24) is 0 Å². The molecule has 2 aromatic rings. The van der Waals surface area contributed by atoms with Gasteiger partial charge in [0.25, 0.3) is 0 Å². The molecule has 0 saturated carbocycles. The maximum atomic E-state index is 5.62. The van der Waals surface area contributed by atoms with Crippen molar-refractivity contribution in [3.63, 3.8) is 0 Å². The Morgan fingerprint density at radius 3 is 2.35 bits per heavy atom. The summed E-state index contributed by atoms with van der Waals surface area (Å²) in [6.45, 7) is 6.85. The van der Waals surface area contributed by atoms with Crippen LogP contribution in [0.5, 0.6) is 0 Å². The molecule has 0 aliphatic heterocycles. The van der Waals surface area contributed by atoms with Crippen LogP contribution in [0.25, 0.3) is 10.4 Å². The van der Waals surface area contributed by atoms with Crippen molar-refractivity contribution in [2.75, 3.05) is 6.54 Å². The van der Waals surface area contributed by atoms with Crippen LogP contribution in [0.15, 0.2) is 36.4 Å².